The number of rotatable bonds is 14. The molecule has 0 atom stereocenters. The van der Waals surface area contributed by atoms with E-state index in [-0.39, 0.29) is 6.42 Å². The number of aldehydes is 1. The summed E-state index contributed by atoms with van der Waals surface area (Å²) in [5.74, 6) is 0.926. The minimum atomic E-state index is -0.759. The molecule has 0 saturated heterocycles. The van der Waals surface area contributed by atoms with Crippen molar-refractivity contribution in [3.8, 4) is 39.8 Å². The second kappa shape index (κ2) is 13.8. The van der Waals surface area contributed by atoms with E-state index in [1.807, 2.05) is 6.07 Å². The Bertz CT molecular complexity index is 1570. The minimum Gasteiger partial charge on any atom is -0.494 e. The number of unbranched alkanes of at least 4 members (excludes halogenated alkanes) is 5. The number of carboxylic acid groups (broad SMARTS) is 1. The first-order valence-corrected chi connectivity index (χ1v) is 15.5. The van der Waals surface area contributed by atoms with Crippen LogP contribution >= 0.6 is 0 Å². The Labute approximate surface area is 253 Å². The molecular formula is C36H40N2O5. The summed E-state index contributed by atoms with van der Waals surface area (Å²) in [5, 5.41) is 19.0. The van der Waals surface area contributed by atoms with Crippen LogP contribution in [-0.4, -0.2) is 30.6 Å². The third-order valence-electron chi connectivity index (χ3n) is 8.68. The van der Waals surface area contributed by atoms with Gasteiger partial charge in [0.1, 0.15) is 23.9 Å². The molecule has 0 amide bonds. The number of carboxylic acids is 1. The van der Waals surface area contributed by atoms with Crippen LogP contribution in [-0.2, 0) is 35.3 Å². The number of nitrogen functional groups attached to an aromatic ring is 1. The lowest BCUT2D eigenvalue weighted by Crippen LogP contribution is -2.17. The second-order valence-electron chi connectivity index (χ2n) is 11.6. The highest BCUT2D eigenvalue weighted by Crippen LogP contribution is 2.51. The number of nitriles is 1. The number of ether oxygens (including phenoxy) is 2. The van der Waals surface area contributed by atoms with E-state index in [2.05, 4.69) is 37.3 Å². The highest BCUT2D eigenvalue weighted by molar-refractivity contribution is 5.98. The summed E-state index contributed by atoms with van der Waals surface area (Å²) in [6.45, 7) is 3.29. The Hall–Kier alpha value is -4.31. The van der Waals surface area contributed by atoms with Crippen molar-refractivity contribution in [2.24, 2.45) is 0 Å². The summed E-state index contributed by atoms with van der Waals surface area (Å²) in [7, 11) is 0. The number of anilines is 1. The molecule has 0 heterocycles. The van der Waals surface area contributed by atoms with Crippen LogP contribution in [0.25, 0.3) is 22.3 Å². The van der Waals surface area contributed by atoms with Crippen molar-refractivity contribution in [3.63, 3.8) is 0 Å². The van der Waals surface area contributed by atoms with Gasteiger partial charge in [-0.2, -0.15) is 5.26 Å². The zero-order valence-electron chi connectivity index (χ0n) is 25.0. The summed E-state index contributed by atoms with van der Waals surface area (Å²) in [5.41, 5.74) is 18.2. The van der Waals surface area contributed by atoms with Crippen LogP contribution in [0, 0.1) is 18.3 Å². The van der Waals surface area contributed by atoms with Crippen LogP contribution in [0.3, 0.4) is 0 Å². The fraction of sp³-hybridized carbons (Fsp3) is 0.417. The van der Waals surface area contributed by atoms with Gasteiger partial charge in [-0.3, -0.25) is 4.79 Å². The Morgan fingerprint density at radius 3 is 2.33 bits per heavy atom. The Balaban J connectivity index is 1.45. The van der Waals surface area contributed by atoms with E-state index < -0.39 is 5.97 Å². The monoisotopic (exact) mass is 580 g/mol. The first-order valence-electron chi connectivity index (χ1n) is 15.5. The maximum atomic E-state index is 10.8. The number of nitrogens with zero attached hydrogens (tertiary/aromatic N) is 1. The molecule has 5 rings (SSSR count). The molecule has 3 aromatic carbocycles. The van der Waals surface area contributed by atoms with Gasteiger partial charge in [-0.1, -0.05) is 6.07 Å². The van der Waals surface area contributed by atoms with Gasteiger partial charge in [-0.05, 0) is 145 Å². The van der Waals surface area contributed by atoms with Gasteiger partial charge >= 0.3 is 5.97 Å². The highest BCUT2D eigenvalue weighted by Gasteiger charge is 2.32. The standard InChI is InChI=1S/C36H40N2O5/c1-23-19-27(43-18-8-4-5-9-32(40)41)21-25-11-13-29-31(22-37)36(38)30-14-10-24-20-26(42-17-7-3-2-6-16-39)12-15-28(24)34(30)35(29)33(23)25/h12,15-16,19-21H,2-11,13-14,17-18,38H2,1H3,(H,40,41). The quantitative estimate of drug-likeness (QED) is 0.118. The molecule has 3 N–H and O–H groups in total. The highest BCUT2D eigenvalue weighted by atomic mass is 16.5. The lowest BCUT2D eigenvalue weighted by atomic mass is 9.72. The van der Waals surface area contributed by atoms with Crippen LogP contribution in [0.2, 0.25) is 0 Å². The molecule has 7 heteroatoms. The van der Waals surface area contributed by atoms with Gasteiger partial charge in [0.25, 0.3) is 0 Å². The van der Waals surface area contributed by atoms with E-state index in [1.54, 1.807) is 0 Å². The molecule has 0 bridgehead atoms. The zero-order chi connectivity index (χ0) is 30.3. The molecule has 0 radical (unpaired) electrons. The van der Waals surface area contributed by atoms with Crippen molar-refractivity contribution in [1.29, 1.82) is 5.26 Å². The van der Waals surface area contributed by atoms with Crippen molar-refractivity contribution in [2.45, 2.75) is 84.0 Å². The molecule has 0 unspecified atom stereocenters. The largest absolute Gasteiger partial charge is 0.494 e. The van der Waals surface area contributed by atoms with E-state index in [4.69, 9.17) is 20.3 Å². The Morgan fingerprint density at radius 2 is 1.58 bits per heavy atom. The molecule has 0 spiro atoms. The fourth-order valence-electron chi connectivity index (χ4n) is 6.62. The fourth-order valence-corrected chi connectivity index (χ4v) is 6.62. The van der Waals surface area contributed by atoms with Gasteiger partial charge in [0, 0.05) is 12.8 Å². The van der Waals surface area contributed by atoms with Gasteiger partial charge < -0.3 is 25.1 Å². The third kappa shape index (κ3) is 6.54. The van der Waals surface area contributed by atoms with Crippen molar-refractivity contribution in [2.75, 3.05) is 18.9 Å². The molecule has 2 aliphatic carbocycles. The molecule has 2 aliphatic rings. The summed E-state index contributed by atoms with van der Waals surface area (Å²) in [6, 6.07) is 13.0. The predicted octanol–water partition coefficient (Wildman–Crippen LogP) is 7.14. The summed E-state index contributed by atoms with van der Waals surface area (Å²) >= 11 is 0. The van der Waals surface area contributed by atoms with Gasteiger partial charge in [0.15, 0.2) is 0 Å². The molecule has 3 aromatic rings. The van der Waals surface area contributed by atoms with Crippen molar-refractivity contribution < 1.29 is 24.2 Å². The molecule has 43 heavy (non-hydrogen) atoms. The first-order chi connectivity index (χ1) is 20.9. The molecule has 224 valence electrons. The lowest BCUT2D eigenvalue weighted by molar-refractivity contribution is -0.137. The van der Waals surface area contributed by atoms with Crippen LogP contribution in [0.15, 0.2) is 30.3 Å². The number of aliphatic carboxylic acids is 1. The predicted molar refractivity (Wildman–Crippen MR) is 168 cm³/mol. The average molecular weight is 581 g/mol. The molecular weight excluding hydrogens is 540 g/mol. The summed E-state index contributed by atoms with van der Waals surface area (Å²) in [6.07, 6.45) is 9.98. The van der Waals surface area contributed by atoms with Crippen LogP contribution in [0.1, 0.15) is 84.7 Å². The maximum Gasteiger partial charge on any atom is 0.303 e. The smallest absolute Gasteiger partial charge is 0.303 e. The Morgan fingerprint density at radius 1 is 0.884 bits per heavy atom. The molecule has 7 nitrogen and oxygen atoms in total. The number of fused-ring (bicyclic) bond motifs is 7. The SMILES string of the molecule is Cc1cc(OCCCCCC(=O)O)cc2c1-c1c(c(C#N)c(N)c3c1-c1ccc(OCCCCCC=O)cc1CC3)CC2. The molecule has 0 aliphatic heterocycles. The van der Waals surface area contributed by atoms with Crippen molar-refractivity contribution in [3.05, 3.63) is 63.7 Å². The number of hydrogen-bond donors (Lipinski definition) is 2. The molecule has 0 aromatic heterocycles. The van der Waals surface area contributed by atoms with Crippen LogP contribution < -0.4 is 15.2 Å². The number of carbonyl (C=O) groups is 2. The van der Waals surface area contributed by atoms with Crippen LogP contribution in [0.5, 0.6) is 11.5 Å². The average Bonchev–Trinajstić information content (AvgIpc) is 3.00. The van der Waals surface area contributed by atoms with Gasteiger partial charge in [0.2, 0.25) is 0 Å². The summed E-state index contributed by atoms with van der Waals surface area (Å²) < 4.78 is 12.2. The number of hydrogen-bond acceptors (Lipinski definition) is 6. The van der Waals surface area contributed by atoms with E-state index in [0.717, 1.165) is 109 Å². The van der Waals surface area contributed by atoms with Gasteiger partial charge in [-0.25, -0.2) is 0 Å². The number of aryl methyl sites for hydroxylation is 3. The van der Waals surface area contributed by atoms with Crippen molar-refractivity contribution in [1.82, 2.24) is 0 Å². The van der Waals surface area contributed by atoms with Crippen LogP contribution in [0.4, 0.5) is 5.69 Å². The Kier molecular flexibility index (Phi) is 9.66. The lowest BCUT2D eigenvalue weighted by Gasteiger charge is -2.32. The van der Waals surface area contributed by atoms with E-state index in [9.17, 15) is 14.9 Å². The maximum absolute atomic E-state index is 10.8. The van der Waals surface area contributed by atoms with Crippen molar-refractivity contribution >= 4 is 17.9 Å². The second-order valence-corrected chi connectivity index (χ2v) is 11.6. The van der Waals surface area contributed by atoms with Gasteiger partial charge in [-0.15, -0.1) is 0 Å². The minimum absolute atomic E-state index is 0.192. The molecule has 0 saturated carbocycles. The van der Waals surface area contributed by atoms with E-state index in [1.165, 1.54) is 16.7 Å². The summed E-state index contributed by atoms with van der Waals surface area (Å²) in [4.78, 5) is 21.3. The number of nitrogens with two attached hydrogens (primary N) is 1. The topological polar surface area (TPSA) is 123 Å². The van der Waals surface area contributed by atoms with E-state index in [0.29, 0.717) is 37.3 Å². The number of carbonyl (C=O) groups excluding carboxylic acids is 1. The normalized spacial score (nSPS) is 12.7. The third-order valence-corrected chi connectivity index (χ3v) is 8.68. The van der Waals surface area contributed by atoms with Gasteiger partial charge in [0.05, 0.1) is 24.5 Å². The zero-order valence-corrected chi connectivity index (χ0v) is 25.0. The number of benzene rings is 3. The van der Waals surface area contributed by atoms with E-state index >= 15 is 0 Å². The first kappa shape index (κ1) is 30.2. The molecule has 0 fully saturated rings.